The fraction of sp³-hybridized carbons (Fsp3) is 0.455. The zero-order valence-corrected chi connectivity index (χ0v) is 17.0. The second-order valence-corrected chi connectivity index (χ2v) is 7.72. The van der Waals surface area contributed by atoms with Gasteiger partial charge in [0.05, 0.1) is 25.4 Å². The predicted octanol–water partition coefficient (Wildman–Crippen LogP) is 5.32. The van der Waals surface area contributed by atoms with Crippen molar-refractivity contribution in [2.75, 3.05) is 0 Å². The van der Waals surface area contributed by atoms with Gasteiger partial charge in [0.25, 0.3) is 0 Å². The molecule has 5 atom stereocenters. The summed E-state index contributed by atoms with van der Waals surface area (Å²) in [5.74, 6) is 0.262. The molecule has 0 spiro atoms. The molecule has 1 aliphatic rings. The van der Waals surface area contributed by atoms with Gasteiger partial charge in [-0.3, -0.25) is 0 Å². The van der Waals surface area contributed by atoms with Gasteiger partial charge in [-0.15, -0.1) is 0 Å². The van der Waals surface area contributed by atoms with Crippen LogP contribution < -0.4 is 0 Å². The Kier molecular flexibility index (Phi) is 7.26. The van der Waals surface area contributed by atoms with Gasteiger partial charge in [-0.25, -0.2) is 0 Å². The third-order valence-electron chi connectivity index (χ3n) is 4.96. The highest BCUT2D eigenvalue weighted by Crippen LogP contribution is 2.35. The van der Waals surface area contributed by atoms with Crippen molar-refractivity contribution >= 4 is 15.9 Å². The van der Waals surface area contributed by atoms with E-state index in [-0.39, 0.29) is 29.2 Å². The average Bonchev–Trinajstić information content (AvgIpc) is 2.69. The van der Waals surface area contributed by atoms with E-state index in [1.165, 1.54) is 5.56 Å². The number of halogens is 1. The summed E-state index contributed by atoms with van der Waals surface area (Å²) in [7, 11) is 0. The van der Waals surface area contributed by atoms with Crippen LogP contribution in [-0.2, 0) is 27.4 Å². The fourth-order valence-corrected chi connectivity index (χ4v) is 4.18. The van der Waals surface area contributed by atoms with Gasteiger partial charge >= 0.3 is 0 Å². The zero-order valence-electron chi connectivity index (χ0n) is 15.4. The Morgan fingerprint density at radius 3 is 1.85 bits per heavy atom. The van der Waals surface area contributed by atoms with Gasteiger partial charge in [0.1, 0.15) is 11.1 Å². The third kappa shape index (κ3) is 4.95. The number of hydrogen-bond acceptors (Lipinski definition) is 3. The van der Waals surface area contributed by atoms with Crippen LogP contribution in [0.4, 0.5) is 0 Å². The first-order chi connectivity index (χ1) is 12.7. The number of alkyl halides is 1. The summed E-state index contributed by atoms with van der Waals surface area (Å²) in [5, 5.41) is -0.173. The lowest BCUT2D eigenvalue weighted by atomic mass is 9.89. The van der Waals surface area contributed by atoms with Crippen molar-refractivity contribution in [1.29, 1.82) is 0 Å². The Morgan fingerprint density at radius 1 is 0.846 bits per heavy atom. The zero-order chi connectivity index (χ0) is 18.4. The molecule has 1 saturated heterocycles. The molecule has 1 fully saturated rings. The summed E-state index contributed by atoms with van der Waals surface area (Å²) >= 11 is 3.68. The van der Waals surface area contributed by atoms with Gasteiger partial charge in [-0.05, 0) is 17.5 Å². The van der Waals surface area contributed by atoms with Crippen LogP contribution in [-0.4, -0.2) is 23.3 Å². The monoisotopic (exact) mass is 418 g/mol. The van der Waals surface area contributed by atoms with Crippen molar-refractivity contribution in [3.63, 3.8) is 0 Å². The highest BCUT2D eigenvalue weighted by atomic mass is 79.9. The van der Waals surface area contributed by atoms with Gasteiger partial charge in [0.15, 0.2) is 0 Å². The van der Waals surface area contributed by atoms with Gasteiger partial charge < -0.3 is 14.2 Å². The van der Waals surface area contributed by atoms with Crippen LogP contribution in [0.1, 0.15) is 31.4 Å². The summed E-state index contributed by atoms with van der Waals surface area (Å²) in [4.78, 5) is 0. The van der Waals surface area contributed by atoms with Crippen LogP contribution in [0, 0.1) is 5.92 Å². The highest BCUT2D eigenvalue weighted by molar-refractivity contribution is 9.09. The van der Waals surface area contributed by atoms with E-state index in [0.717, 1.165) is 12.0 Å². The molecular weight excluding hydrogens is 392 g/mol. The maximum absolute atomic E-state index is 6.35. The molecule has 0 radical (unpaired) electrons. The van der Waals surface area contributed by atoms with Crippen LogP contribution in [0.25, 0.3) is 0 Å². The Labute approximate surface area is 164 Å². The number of benzene rings is 2. The summed E-state index contributed by atoms with van der Waals surface area (Å²) in [6, 6.07) is 20.5. The first-order valence-corrected chi connectivity index (χ1v) is 10.2. The average molecular weight is 419 g/mol. The van der Waals surface area contributed by atoms with Crippen LogP contribution in [0.3, 0.4) is 0 Å². The summed E-state index contributed by atoms with van der Waals surface area (Å²) in [6.07, 6.45) is 0.940. The molecule has 0 bridgehead atoms. The molecule has 0 unspecified atom stereocenters. The molecule has 0 aliphatic carbocycles. The lowest BCUT2D eigenvalue weighted by molar-refractivity contribution is -0.206. The van der Waals surface area contributed by atoms with Crippen molar-refractivity contribution in [3.8, 4) is 0 Å². The third-order valence-corrected chi connectivity index (χ3v) is 5.70. The van der Waals surface area contributed by atoms with E-state index in [1.54, 1.807) is 0 Å². The van der Waals surface area contributed by atoms with E-state index in [0.29, 0.717) is 13.2 Å². The Balaban J connectivity index is 1.69. The van der Waals surface area contributed by atoms with Gasteiger partial charge in [-0.1, -0.05) is 90.4 Å². The van der Waals surface area contributed by atoms with Crippen molar-refractivity contribution in [2.24, 2.45) is 5.92 Å². The molecule has 3 nitrogen and oxygen atoms in total. The number of rotatable bonds is 7. The summed E-state index contributed by atoms with van der Waals surface area (Å²) in [5.41, 5.74) is 2.33. The van der Waals surface area contributed by atoms with Crippen LogP contribution in [0.5, 0.6) is 0 Å². The largest absolute Gasteiger partial charge is 0.370 e. The Morgan fingerprint density at radius 2 is 1.35 bits per heavy atom. The van der Waals surface area contributed by atoms with Crippen molar-refractivity contribution in [3.05, 3.63) is 71.8 Å². The van der Waals surface area contributed by atoms with Crippen molar-refractivity contribution in [2.45, 2.75) is 56.8 Å². The van der Waals surface area contributed by atoms with Crippen molar-refractivity contribution < 1.29 is 14.2 Å². The molecule has 1 aliphatic heterocycles. The Bertz CT molecular complexity index is 649. The fourth-order valence-electron chi connectivity index (χ4n) is 3.45. The molecule has 0 aromatic heterocycles. The first kappa shape index (κ1) is 19.6. The summed E-state index contributed by atoms with van der Waals surface area (Å²) in [6.45, 7) is 5.48. The van der Waals surface area contributed by atoms with E-state index in [1.807, 2.05) is 36.4 Å². The molecule has 0 N–H and O–H groups in total. The van der Waals surface area contributed by atoms with E-state index in [2.05, 4.69) is 54.0 Å². The second kappa shape index (κ2) is 9.65. The summed E-state index contributed by atoms with van der Waals surface area (Å²) < 4.78 is 18.7. The smallest absolute Gasteiger partial charge is 0.141 e. The molecule has 3 rings (SSSR count). The lowest BCUT2D eigenvalue weighted by Gasteiger charge is -2.43. The standard InChI is InChI=1S/C22H27BrO3/c1-3-19-16(2)20(24-14-17-10-6-4-7-11-17)21(22(23)26-19)25-15-18-12-8-5-9-13-18/h4-13,16,19-22H,3,14-15H2,1-2H3/t16-,19-,20+,21-,22+/m1/s1. The second-order valence-electron chi connectivity index (χ2n) is 6.82. The van der Waals surface area contributed by atoms with Crippen LogP contribution in [0.2, 0.25) is 0 Å². The number of hydrogen-bond donors (Lipinski definition) is 0. The predicted molar refractivity (Wildman–Crippen MR) is 107 cm³/mol. The molecule has 2 aromatic carbocycles. The maximum Gasteiger partial charge on any atom is 0.141 e. The van der Waals surface area contributed by atoms with Gasteiger partial charge in [0, 0.05) is 5.92 Å². The minimum atomic E-state index is -0.173. The molecule has 0 saturated carbocycles. The molecule has 26 heavy (non-hydrogen) atoms. The van der Waals surface area contributed by atoms with Gasteiger partial charge in [0.2, 0.25) is 0 Å². The number of ether oxygens (including phenoxy) is 3. The SMILES string of the molecule is CC[C@H]1O[C@H](Br)[C@H](OCc2ccccc2)[C@@H](OCc2ccccc2)[C@@H]1C. The minimum Gasteiger partial charge on any atom is -0.370 e. The molecule has 2 aromatic rings. The topological polar surface area (TPSA) is 27.7 Å². The Hall–Kier alpha value is -1.20. The van der Waals surface area contributed by atoms with E-state index in [4.69, 9.17) is 14.2 Å². The van der Waals surface area contributed by atoms with Crippen LogP contribution in [0.15, 0.2) is 60.7 Å². The van der Waals surface area contributed by atoms with E-state index in [9.17, 15) is 0 Å². The molecular formula is C22H27BrO3. The van der Waals surface area contributed by atoms with Gasteiger partial charge in [-0.2, -0.15) is 0 Å². The first-order valence-electron chi connectivity index (χ1n) is 9.29. The minimum absolute atomic E-state index is 0.0259. The van der Waals surface area contributed by atoms with Crippen molar-refractivity contribution in [1.82, 2.24) is 0 Å². The molecule has 0 amide bonds. The maximum atomic E-state index is 6.35. The quantitative estimate of drug-likeness (QED) is 0.569. The highest BCUT2D eigenvalue weighted by Gasteiger charge is 2.43. The lowest BCUT2D eigenvalue weighted by Crippen LogP contribution is -2.53. The normalized spacial score (nSPS) is 28.8. The molecule has 1 heterocycles. The van der Waals surface area contributed by atoms with Crippen LogP contribution >= 0.6 is 15.9 Å². The molecule has 4 heteroatoms. The van der Waals surface area contributed by atoms with E-state index < -0.39 is 0 Å². The van der Waals surface area contributed by atoms with E-state index >= 15 is 0 Å². The molecule has 140 valence electrons.